The van der Waals surface area contributed by atoms with Crippen LogP contribution >= 0.6 is 0 Å². The van der Waals surface area contributed by atoms with Crippen molar-refractivity contribution < 1.29 is 13.6 Å². The maximum absolute atomic E-state index is 13.6. The monoisotopic (exact) mass is 321 g/mol. The number of rotatable bonds is 3. The third-order valence-electron chi connectivity index (χ3n) is 3.75. The van der Waals surface area contributed by atoms with E-state index in [2.05, 4.69) is 20.4 Å². The molecule has 1 aliphatic rings. The van der Waals surface area contributed by atoms with Crippen LogP contribution in [-0.2, 0) is 13.0 Å². The normalized spacial score (nSPS) is 17.2. The predicted octanol–water partition coefficient (Wildman–Crippen LogP) is 1.82. The fourth-order valence-electron chi connectivity index (χ4n) is 2.53. The average Bonchev–Trinajstić information content (AvgIpc) is 2.90. The summed E-state index contributed by atoms with van der Waals surface area (Å²) in [4.78, 5) is 20.1. The van der Waals surface area contributed by atoms with E-state index in [9.17, 15) is 13.6 Å². The molecule has 0 radical (unpaired) electrons. The van der Waals surface area contributed by atoms with Crippen LogP contribution in [0.15, 0.2) is 12.3 Å². The number of nitrogens with one attached hydrogen (secondary N) is 1. The van der Waals surface area contributed by atoms with Gasteiger partial charge in [0.15, 0.2) is 17.3 Å². The number of nitrogens with zero attached hydrogens (tertiary/aromatic N) is 4. The van der Waals surface area contributed by atoms with E-state index in [-0.39, 0.29) is 12.0 Å². The van der Waals surface area contributed by atoms with Gasteiger partial charge in [-0.1, -0.05) is 13.8 Å². The first kappa shape index (κ1) is 15.5. The van der Waals surface area contributed by atoms with Gasteiger partial charge in [0, 0.05) is 24.4 Å². The molecule has 122 valence electrons. The van der Waals surface area contributed by atoms with Gasteiger partial charge in [0.05, 0.1) is 12.7 Å². The van der Waals surface area contributed by atoms with Crippen LogP contribution in [0.3, 0.4) is 0 Å². The van der Waals surface area contributed by atoms with E-state index in [0.29, 0.717) is 25.5 Å². The summed E-state index contributed by atoms with van der Waals surface area (Å²) in [5.41, 5.74) is -0.404. The summed E-state index contributed by atoms with van der Waals surface area (Å²) >= 11 is 0. The molecule has 1 atom stereocenters. The van der Waals surface area contributed by atoms with Crippen molar-refractivity contribution in [1.82, 2.24) is 25.1 Å². The standard InChI is InChI=1S/C15H17F2N5O/c1-8(2)14-20-12-4-3-10(7-22(12)21-14)19-15(23)13-11(17)5-9(16)6-18-13/h5-6,8,10H,3-4,7H2,1-2H3,(H,19,23). The molecule has 2 aromatic rings. The predicted molar refractivity (Wildman–Crippen MR) is 77.8 cm³/mol. The van der Waals surface area contributed by atoms with Crippen LogP contribution in [0.1, 0.15) is 48.3 Å². The number of hydrogen-bond acceptors (Lipinski definition) is 4. The molecule has 6 nitrogen and oxygen atoms in total. The molecule has 1 amide bonds. The Hall–Kier alpha value is -2.38. The molecule has 0 aliphatic carbocycles. The summed E-state index contributed by atoms with van der Waals surface area (Å²) in [5, 5.41) is 7.15. The van der Waals surface area contributed by atoms with Gasteiger partial charge in [0.1, 0.15) is 11.6 Å². The number of carbonyl (C=O) groups excluding carboxylic acids is 1. The summed E-state index contributed by atoms with van der Waals surface area (Å²) in [6.45, 7) is 4.51. The molecule has 0 fully saturated rings. The van der Waals surface area contributed by atoms with Gasteiger partial charge >= 0.3 is 0 Å². The lowest BCUT2D eigenvalue weighted by Crippen LogP contribution is -2.41. The van der Waals surface area contributed by atoms with Crippen LogP contribution in [0.25, 0.3) is 0 Å². The quantitative estimate of drug-likeness (QED) is 0.936. The van der Waals surface area contributed by atoms with E-state index in [1.54, 1.807) is 4.68 Å². The highest BCUT2D eigenvalue weighted by molar-refractivity contribution is 5.92. The first-order valence-corrected chi connectivity index (χ1v) is 7.49. The number of aryl methyl sites for hydroxylation is 1. The Balaban J connectivity index is 1.70. The van der Waals surface area contributed by atoms with Gasteiger partial charge < -0.3 is 5.32 Å². The van der Waals surface area contributed by atoms with Crippen molar-refractivity contribution in [3.05, 3.63) is 41.2 Å². The number of amides is 1. The van der Waals surface area contributed by atoms with Gasteiger partial charge in [-0.2, -0.15) is 5.10 Å². The second-order valence-electron chi connectivity index (χ2n) is 5.92. The van der Waals surface area contributed by atoms with Gasteiger partial charge in [-0.25, -0.2) is 23.4 Å². The summed E-state index contributed by atoms with van der Waals surface area (Å²) in [6.07, 6.45) is 2.19. The SMILES string of the molecule is CC(C)c1nc2n(n1)CC(NC(=O)c1ncc(F)cc1F)CC2. The van der Waals surface area contributed by atoms with Crippen LogP contribution in [0, 0.1) is 11.6 Å². The van der Waals surface area contributed by atoms with Gasteiger partial charge in [0.2, 0.25) is 0 Å². The first-order valence-electron chi connectivity index (χ1n) is 7.49. The van der Waals surface area contributed by atoms with E-state index < -0.39 is 23.2 Å². The molecule has 2 aromatic heterocycles. The molecule has 0 spiro atoms. The zero-order chi connectivity index (χ0) is 16.6. The Kier molecular flexibility index (Phi) is 4.06. The Bertz CT molecular complexity index is 743. The number of halogens is 2. The number of carbonyl (C=O) groups is 1. The molecule has 0 saturated heterocycles. The highest BCUT2D eigenvalue weighted by Crippen LogP contribution is 2.17. The first-order chi connectivity index (χ1) is 10.9. The molecule has 0 saturated carbocycles. The lowest BCUT2D eigenvalue weighted by molar-refractivity contribution is 0.0916. The molecule has 0 aromatic carbocycles. The molecule has 23 heavy (non-hydrogen) atoms. The van der Waals surface area contributed by atoms with Crippen molar-refractivity contribution >= 4 is 5.91 Å². The molecule has 1 N–H and O–H groups in total. The molecule has 8 heteroatoms. The van der Waals surface area contributed by atoms with E-state index in [0.717, 1.165) is 17.8 Å². The number of aromatic nitrogens is 4. The molecular formula is C15H17F2N5O. The second-order valence-corrected chi connectivity index (χ2v) is 5.92. The van der Waals surface area contributed by atoms with E-state index in [1.165, 1.54) is 0 Å². The Morgan fingerprint density at radius 1 is 1.43 bits per heavy atom. The maximum Gasteiger partial charge on any atom is 0.273 e. The van der Waals surface area contributed by atoms with Crippen LogP contribution in [0.2, 0.25) is 0 Å². The maximum atomic E-state index is 13.6. The zero-order valence-electron chi connectivity index (χ0n) is 12.9. The third kappa shape index (κ3) is 3.20. The third-order valence-corrected chi connectivity index (χ3v) is 3.75. The smallest absolute Gasteiger partial charge is 0.273 e. The van der Waals surface area contributed by atoms with Gasteiger partial charge in [-0.3, -0.25) is 4.79 Å². The molecule has 0 bridgehead atoms. The van der Waals surface area contributed by atoms with Crippen molar-refractivity contribution in [2.45, 2.75) is 45.2 Å². The van der Waals surface area contributed by atoms with Crippen LogP contribution in [0.5, 0.6) is 0 Å². The highest BCUT2D eigenvalue weighted by atomic mass is 19.1. The van der Waals surface area contributed by atoms with Crippen LogP contribution in [-0.4, -0.2) is 31.7 Å². The molecule has 3 rings (SSSR count). The van der Waals surface area contributed by atoms with Crippen molar-refractivity contribution in [3.8, 4) is 0 Å². The number of fused-ring (bicyclic) bond motifs is 1. The summed E-state index contributed by atoms with van der Waals surface area (Å²) < 4.78 is 28.2. The van der Waals surface area contributed by atoms with E-state index >= 15 is 0 Å². The molecule has 3 heterocycles. The summed E-state index contributed by atoms with van der Waals surface area (Å²) in [6, 6.07) is 0.454. The molecule has 1 unspecified atom stereocenters. The van der Waals surface area contributed by atoms with E-state index in [4.69, 9.17) is 0 Å². The van der Waals surface area contributed by atoms with Gasteiger partial charge in [0.25, 0.3) is 5.91 Å². The van der Waals surface area contributed by atoms with Crippen molar-refractivity contribution in [3.63, 3.8) is 0 Å². The minimum atomic E-state index is -0.971. The lowest BCUT2D eigenvalue weighted by atomic mass is 10.1. The largest absolute Gasteiger partial charge is 0.346 e. The Labute approximate surface area is 131 Å². The highest BCUT2D eigenvalue weighted by Gasteiger charge is 2.25. The summed E-state index contributed by atoms with van der Waals surface area (Å²) in [5.74, 6) is -0.533. The zero-order valence-corrected chi connectivity index (χ0v) is 12.9. The number of hydrogen-bond donors (Lipinski definition) is 1. The molecular weight excluding hydrogens is 304 g/mol. The van der Waals surface area contributed by atoms with Crippen molar-refractivity contribution in [2.24, 2.45) is 0 Å². The lowest BCUT2D eigenvalue weighted by Gasteiger charge is -2.23. The van der Waals surface area contributed by atoms with Crippen molar-refractivity contribution in [2.75, 3.05) is 0 Å². The van der Waals surface area contributed by atoms with Gasteiger partial charge in [-0.05, 0) is 6.42 Å². The number of pyridine rings is 1. The van der Waals surface area contributed by atoms with Gasteiger partial charge in [-0.15, -0.1) is 0 Å². The van der Waals surface area contributed by atoms with Crippen LogP contribution in [0.4, 0.5) is 8.78 Å². The van der Waals surface area contributed by atoms with Crippen LogP contribution < -0.4 is 5.32 Å². The minimum Gasteiger partial charge on any atom is -0.346 e. The van der Waals surface area contributed by atoms with Crippen molar-refractivity contribution in [1.29, 1.82) is 0 Å². The Morgan fingerprint density at radius 3 is 2.91 bits per heavy atom. The van der Waals surface area contributed by atoms with E-state index in [1.807, 2.05) is 13.8 Å². The second kappa shape index (κ2) is 6.02. The summed E-state index contributed by atoms with van der Waals surface area (Å²) in [7, 11) is 0. The fraction of sp³-hybridized carbons (Fsp3) is 0.467. The minimum absolute atomic E-state index is 0.192. The topological polar surface area (TPSA) is 72.7 Å². The molecule has 1 aliphatic heterocycles. The average molecular weight is 321 g/mol. The Morgan fingerprint density at radius 2 is 2.22 bits per heavy atom. The fourth-order valence-corrected chi connectivity index (χ4v) is 2.53.